The van der Waals surface area contributed by atoms with Crippen molar-refractivity contribution in [2.24, 2.45) is 0 Å². The molecule has 6 nitrogen and oxygen atoms in total. The Balaban J connectivity index is 0. The van der Waals surface area contributed by atoms with Crippen molar-refractivity contribution in [3.8, 4) is 0 Å². The normalized spacial score (nSPS) is 6.00. The molecule has 0 saturated heterocycles. The van der Waals surface area contributed by atoms with Gasteiger partial charge in [0.2, 0.25) is 0 Å². The van der Waals surface area contributed by atoms with Crippen LogP contribution in [0.25, 0.3) is 0 Å². The van der Waals surface area contributed by atoms with Crippen LogP contribution in [0.15, 0.2) is 0 Å². The van der Waals surface area contributed by atoms with Gasteiger partial charge in [-0.15, -0.1) is 10.1 Å². The molecule has 0 aliphatic heterocycles. The van der Waals surface area contributed by atoms with E-state index in [-0.39, 0.29) is 0 Å². The van der Waals surface area contributed by atoms with E-state index in [9.17, 15) is 0 Å². The van der Waals surface area contributed by atoms with E-state index in [2.05, 4.69) is 0 Å². The molecular weight excluding hydrogens is 104 g/mol. The molecule has 0 radical (unpaired) electrons. The largest absolute Gasteiger partial charge is 0.328 e. The zero-order valence-electron chi connectivity index (χ0n) is 3.66. The lowest BCUT2D eigenvalue weighted by atomic mass is 11.6. The summed E-state index contributed by atoms with van der Waals surface area (Å²) in [6, 6.07) is 0. The van der Waals surface area contributed by atoms with Gasteiger partial charge in [-0.3, -0.25) is 0 Å². The van der Waals surface area contributed by atoms with Crippen LogP contribution >= 0.6 is 0 Å². The summed E-state index contributed by atoms with van der Waals surface area (Å²) in [5, 5.41) is 21.0. The first kappa shape index (κ1) is 9.45. The van der Waals surface area contributed by atoms with Crippen LogP contribution in [0.2, 0.25) is 0 Å². The minimum absolute atomic E-state index is 1.43. The van der Waals surface area contributed by atoms with Crippen LogP contribution in [0.3, 0.4) is 0 Å². The van der Waals surface area contributed by atoms with Gasteiger partial charge in [-0.1, -0.05) is 0 Å². The second-order valence-corrected chi connectivity index (χ2v) is 0.461. The van der Waals surface area contributed by atoms with E-state index in [1.54, 1.807) is 5.48 Å². The van der Waals surface area contributed by atoms with Crippen LogP contribution < -0.4 is 5.48 Å². The summed E-state index contributed by atoms with van der Waals surface area (Å²) in [5.41, 5.74) is 1.75. The molecule has 0 spiro atoms. The first-order chi connectivity index (χ1) is 3.15. The summed E-state index contributed by atoms with van der Waals surface area (Å²) in [4.78, 5) is 8.36. The number of nitrogens with zero attached hydrogens (tertiary/aromatic N) is 1. The van der Waals surface area contributed by atoms with Gasteiger partial charge in [-0.05, 0) is 0 Å². The van der Waals surface area contributed by atoms with E-state index < -0.39 is 5.09 Å². The Kier molecular flexibility index (Phi) is 12.1. The fourth-order valence-electron chi connectivity index (χ4n) is 0. The summed E-state index contributed by atoms with van der Waals surface area (Å²) >= 11 is 0. The Labute approximate surface area is 39.4 Å². The molecule has 0 unspecified atom stereocenters. The molecule has 7 heavy (non-hydrogen) atoms. The first-order valence-electron chi connectivity index (χ1n) is 1.29. The van der Waals surface area contributed by atoms with E-state index >= 15 is 0 Å². The molecule has 0 atom stereocenters. The molecule has 3 N–H and O–H groups in total. The highest BCUT2D eigenvalue weighted by Gasteiger charge is 1.65. The third-order valence-corrected chi connectivity index (χ3v) is 0. The van der Waals surface area contributed by atoms with Crippen LogP contribution in [0.5, 0.6) is 0 Å². The summed E-state index contributed by atoms with van der Waals surface area (Å²) in [6.07, 6.45) is 0. The first-order valence-corrected chi connectivity index (χ1v) is 1.29. The molecule has 0 aromatic heterocycles. The SMILES string of the molecule is CNO.O=[N+]([O-])O. The molecule has 0 aromatic carbocycles. The van der Waals surface area contributed by atoms with Crippen molar-refractivity contribution in [3.05, 3.63) is 10.1 Å². The molecule has 0 aromatic rings. The van der Waals surface area contributed by atoms with Crippen LogP contribution in [0, 0.1) is 10.1 Å². The van der Waals surface area contributed by atoms with E-state index in [0.29, 0.717) is 0 Å². The van der Waals surface area contributed by atoms with Gasteiger partial charge < -0.3 is 10.4 Å². The Morgan fingerprint density at radius 1 is 1.86 bits per heavy atom. The summed E-state index contributed by atoms with van der Waals surface area (Å²) in [7, 11) is 1.43. The Bertz CT molecular complexity index is 41.0. The maximum Gasteiger partial charge on any atom is 0.291 e. The molecule has 6 heteroatoms. The number of rotatable bonds is 0. The number of hydroxylamine groups is 1. The lowest BCUT2D eigenvalue weighted by molar-refractivity contribution is -0.742. The third-order valence-electron chi connectivity index (χ3n) is 0. The van der Waals surface area contributed by atoms with Crippen LogP contribution in [-0.2, 0) is 0 Å². The molecule has 0 rings (SSSR count). The van der Waals surface area contributed by atoms with Crippen molar-refractivity contribution >= 4 is 0 Å². The second kappa shape index (κ2) is 8.93. The molecule has 0 heterocycles. The van der Waals surface area contributed by atoms with E-state index in [4.69, 9.17) is 20.5 Å². The van der Waals surface area contributed by atoms with Gasteiger partial charge in [0.1, 0.15) is 0 Å². The van der Waals surface area contributed by atoms with Crippen molar-refractivity contribution in [2.75, 3.05) is 7.05 Å². The maximum absolute atomic E-state index is 8.36. The van der Waals surface area contributed by atoms with E-state index in [1.165, 1.54) is 7.05 Å². The Morgan fingerprint density at radius 2 is 1.86 bits per heavy atom. The van der Waals surface area contributed by atoms with Crippen molar-refractivity contribution < 1.29 is 15.5 Å². The molecule has 0 aliphatic rings. The molecule has 0 bridgehead atoms. The number of nitrogens with one attached hydrogen (secondary N) is 1. The lowest BCUT2D eigenvalue weighted by Gasteiger charge is -1.60. The minimum Gasteiger partial charge on any atom is -0.328 e. The smallest absolute Gasteiger partial charge is 0.291 e. The predicted octanol–water partition coefficient (Wildman–Crippen LogP) is -0.753. The van der Waals surface area contributed by atoms with Gasteiger partial charge in [0.05, 0.1) is 0 Å². The fourth-order valence-corrected chi connectivity index (χ4v) is 0. The van der Waals surface area contributed by atoms with Gasteiger partial charge in [0.25, 0.3) is 5.09 Å². The predicted molar refractivity (Wildman–Crippen MR) is 19.6 cm³/mol. The average Bonchev–Trinajstić information content (AvgIpc) is 1.33. The molecule has 0 fully saturated rings. The quantitative estimate of drug-likeness (QED) is 0.281. The standard InChI is InChI=1S/CH5NO.HNO3/c1-2-3;2-1(3)4/h2-3H,1H3;(H,2,3,4). The Hall–Kier alpha value is -0.880. The Morgan fingerprint density at radius 3 is 1.86 bits per heavy atom. The zero-order valence-corrected chi connectivity index (χ0v) is 3.66. The van der Waals surface area contributed by atoms with Gasteiger partial charge in [0.15, 0.2) is 0 Å². The molecule has 0 saturated carbocycles. The molecule has 0 aliphatic carbocycles. The van der Waals surface area contributed by atoms with Gasteiger partial charge in [-0.2, -0.15) is 0 Å². The van der Waals surface area contributed by atoms with Crippen LogP contribution in [0.4, 0.5) is 0 Å². The highest BCUT2D eigenvalue weighted by Crippen LogP contribution is 1.38. The highest BCUT2D eigenvalue weighted by atomic mass is 16.9. The van der Waals surface area contributed by atoms with E-state index in [0.717, 1.165) is 0 Å². The molecule has 0 amide bonds. The number of hydrogen-bond donors (Lipinski definition) is 3. The fraction of sp³-hybridized carbons (Fsp3) is 1.00. The minimum atomic E-state index is -1.50. The molecule has 44 valence electrons. The van der Waals surface area contributed by atoms with Crippen molar-refractivity contribution in [3.63, 3.8) is 0 Å². The monoisotopic (exact) mass is 110 g/mol. The lowest BCUT2D eigenvalue weighted by Crippen LogP contribution is -1.91. The van der Waals surface area contributed by atoms with Gasteiger partial charge in [-0.25, -0.2) is 5.48 Å². The van der Waals surface area contributed by atoms with E-state index in [1.807, 2.05) is 0 Å². The van der Waals surface area contributed by atoms with Crippen LogP contribution in [-0.4, -0.2) is 22.5 Å². The molecular formula is CH6N2O4. The zero-order chi connectivity index (χ0) is 6.28. The third kappa shape index (κ3) is 64.4. The topological polar surface area (TPSA) is 95.6 Å². The summed E-state index contributed by atoms with van der Waals surface area (Å²) < 4.78 is 0. The van der Waals surface area contributed by atoms with Gasteiger partial charge >= 0.3 is 0 Å². The highest BCUT2D eigenvalue weighted by molar-refractivity contribution is 3.83. The summed E-state index contributed by atoms with van der Waals surface area (Å²) in [6.45, 7) is 0. The van der Waals surface area contributed by atoms with Crippen molar-refractivity contribution in [2.45, 2.75) is 0 Å². The van der Waals surface area contributed by atoms with Crippen molar-refractivity contribution in [1.29, 1.82) is 0 Å². The maximum atomic E-state index is 8.36. The van der Waals surface area contributed by atoms with Crippen molar-refractivity contribution in [1.82, 2.24) is 5.48 Å². The van der Waals surface area contributed by atoms with Gasteiger partial charge in [0, 0.05) is 7.05 Å². The summed E-state index contributed by atoms with van der Waals surface area (Å²) in [5.74, 6) is 0. The number of hydrogen-bond acceptors (Lipinski definition) is 4. The van der Waals surface area contributed by atoms with Crippen LogP contribution in [0.1, 0.15) is 0 Å². The second-order valence-electron chi connectivity index (χ2n) is 0.461. The average molecular weight is 110 g/mol.